The first kappa shape index (κ1) is 18.3. The molecule has 0 heterocycles. The number of carbonyl (C=O) groups excluding carboxylic acids is 4. The van der Waals surface area contributed by atoms with E-state index in [0.717, 1.165) is 0 Å². The van der Waals surface area contributed by atoms with E-state index in [1.54, 1.807) is 24.3 Å². The van der Waals surface area contributed by atoms with Gasteiger partial charge in [0.15, 0.2) is 0 Å². The first-order valence-electron chi connectivity index (χ1n) is 5.95. The van der Waals surface area contributed by atoms with Crippen LogP contribution < -0.4 is 10.1 Å². The summed E-state index contributed by atoms with van der Waals surface area (Å²) in [7, 11) is 0. The first-order valence-corrected chi connectivity index (χ1v) is 5.95. The van der Waals surface area contributed by atoms with Crippen LogP contribution in [0.5, 0.6) is 5.75 Å². The van der Waals surface area contributed by atoms with E-state index in [1.165, 1.54) is 27.7 Å². The Kier molecular flexibility index (Phi) is 8.05. The Morgan fingerprint density at radius 1 is 0.905 bits per heavy atom. The van der Waals surface area contributed by atoms with E-state index in [4.69, 9.17) is 4.74 Å². The average molecular weight is 295 g/mol. The van der Waals surface area contributed by atoms with Crippen LogP contribution in [0.25, 0.3) is 0 Å². The molecule has 1 aromatic carbocycles. The molecular weight excluding hydrogens is 278 g/mol. The second-order valence-electron chi connectivity index (χ2n) is 3.89. The van der Waals surface area contributed by atoms with Gasteiger partial charge in [0.1, 0.15) is 5.75 Å². The fourth-order valence-corrected chi connectivity index (χ4v) is 1.21. The number of anilines is 1. The minimum atomic E-state index is -0.562. The third-order valence-electron chi connectivity index (χ3n) is 1.70. The Hall–Kier alpha value is -2.70. The average Bonchev–Trinajstić information content (AvgIpc) is 2.25. The first-order chi connectivity index (χ1) is 9.70. The Morgan fingerprint density at radius 2 is 1.48 bits per heavy atom. The van der Waals surface area contributed by atoms with Crippen LogP contribution in [0, 0.1) is 0 Å². The van der Waals surface area contributed by atoms with Crippen LogP contribution in [0.3, 0.4) is 0 Å². The maximum absolute atomic E-state index is 10.7. The number of hydrogen-bond donors (Lipinski definition) is 1. The van der Waals surface area contributed by atoms with Gasteiger partial charge in [0.25, 0.3) is 0 Å². The molecule has 0 fully saturated rings. The summed E-state index contributed by atoms with van der Waals surface area (Å²) < 4.78 is 8.82. The minimum Gasteiger partial charge on any atom is -0.427 e. The highest BCUT2D eigenvalue weighted by Gasteiger charge is 2.00. The summed E-state index contributed by atoms with van der Waals surface area (Å²) in [4.78, 5) is 41.0. The molecule has 7 heteroatoms. The number of ether oxygens (including phenoxy) is 2. The summed E-state index contributed by atoms with van der Waals surface area (Å²) in [5, 5.41) is 2.59. The SMILES string of the molecule is CC(=O)Nc1cccc(OC(C)=O)c1.CC(=O)OC(C)=O. The summed E-state index contributed by atoms with van der Waals surface area (Å²) in [6.45, 7) is 5.10. The molecule has 0 aliphatic heterocycles. The normalized spacial score (nSPS) is 8.76. The van der Waals surface area contributed by atoms with Crippen LogP contribution >= 0.6 is 0 Å². The molecule has 1 N–H and O–H groups in total. The Balaban J connectivity index is 0.000000486. The second-order valence-corrected chi connectivity index (χ2v) is 3.89. The predicted molar refractivity (Wildman–Crippen MR) is 74.5 cm³/mol. The summed E-state index contributed by atoms with van der Waals surface area (Å²) in [5.41, 5.74) is 0.608. The van der Waals surface area contributed by atoms with Crippen molar-refractivity contribution in [2.24, 2.45) is 0 Å². The zero-order valence-electron chi connectivity index (χ0n) is 12.3. The largest absolute Gasteiger partial charge is 0.427 e. The summed E-state index contributed by atoms with van der Waals surface area (Å²) in [5.74, 6) is -1.25. The van der Waals surface area contributed by atoms with Crippen molar-refractivity contribution in [1.82, 2.24) is 0 Å². The van der Waals surface area contributed by atoms with Crippen molar-refractivity contribution in [3.05, 3.63) is 24.3 Å². The van der Waals surface area contributed by atoms with Gasteiger partial charge in [-0.2, -0.15) is 0 Å². The van der Waals surface area contributed by atoms with Gasteiger partial charge in [-0.25, -0.2) is 0 Å². The second kappa shape index (κ2) is 9.24. The number of esters is 3. The number of hydrogen-bond acceptors (Lipinski definition) is 6. The molecule has 1 amide bonds. The smallest absolute Gasteiger partial charge is 0.310 e. The molecule has 0 aliphatic rings. The van der Waals surface area contributed by atoms with E-state index < -0.39 is 11.9 Å². The van der Waals surface area contributed by atoms with Crippen LogP contribution in [-0.2, 0) is 23.9 Å². The molecule has 114 valence electrons. The molecule has 0 radical (unpaired) electrons. The van der Waals surface area contributed by atoms with Crippen molar-refractivity contribution < 1.29 is 28.7 Å². The molecule has 7 nitrogen and oxygen atoms in total. The van der Waals surface area contributed by atoms with Crippen LogP contribution in [0.15, 0.2) is 24.3 Å². The number of nitrogens with one attached hydrogen (secondary N) is 1. The highest BCUT2D eigenvalue weighted by molar-refractivity contribution is 5.88. The number of benzene rings is 1. The number of rotatable bonds is 2. The summed E-state index contributed by atoms with van der Waals surface area (Å²) >= 11 is 0. The minimum absolute atomic E-state index is 0.162. The van der Waals surface area contributed by atoms with Crippen molar-refractivity contribution in [3.8, 4) is 5.75 Å². The Morgan fingerprint density at radius 3 is 1.86 bits per heavy atom. The molecule has 0 spiro atoms. The quantitative estimate of drug-likeness (QED) is 0.506. The molecule has 0 aliphatic carbocycles. The zero-order chi connectivity index (χ0) is 16.4. The Labute approximate surface area is 122 Å². The third-order valence-corrected chi connectivity index (χ3v) is 1.70. The molecule has 1 rings (SSSR count). The van der Waals surface area contributed by atoms with Gasteiger partial charge in [-0.1, -0.05) is 6.07 Å². The van der Waals surface area contributed by atoms with Gasteiger partial charge in [-0.05, 0) is 12.1 Å². The highest BCUT2D eigenvalue weighted by Crippen LogP contribution is 2.17. The van der Waals surface area contributed by atoms with E-state index in [-0.39, 0.29) is 11.9 Å². The van der Waals surface area contributed by atoms with Gasteiger partial charge >= 0.3 is 17.9 Å². The van der Waals surface area contributed by atoms with E-state index in [0.29, 0.717) is 11.4 Å². The maximum Gasteiger partial charge on any atom is 0.310 e. The van der Waals surface area contributed by atoms with Crippen molar-refractivity contribution in [1.29, 1.82) is 0 Å². The number of carbonyl (C=O) groups is 4. The maximum atomic E-state index is 10.7. The third kappa shape index (κ3) is 10.9. The molecule has 0 saturated heterocycles. The molecule has 21 heavy (non-hydrogen) atoms. The molecule has 0 aromatic heterocycles. The van der Waals surface area contributed by atoms with Crippen LogP contribution in [0.1, 0.15) is 27.7 Å². The molecule has 0 atom stereocenters. The topological polar surface area (TPSA) is 98.8 Å². The molecule has 1 aromatic rings. The Bertz CT molecular complexity index is 495. The van der Waals surface area contributed by atoms with Crippen molar-refractivity contribution >= 4 is 29.5 Å². The van der Waals surface area contributed by atoms with Crippen LogP contribution in [-0.4, -0.2) is 23.8 Å². The van der Waals surface area contributed by atoms with Crippen molar-refractivity contribution in [2.45, 2.75) is 27.7 Å². The van der Waals surface area contributed by atoms with Crippen molar-refractivity contribution in [3.63, 3.8) is 0 Å². The van der Waals surface area contributed by atoms with E-state index in [9.17, 15) is 19.2 Å². The van der Waals surface area contributed by atoms with E-state index in [1.807, 2.05) is 0 Å². The van der Waals surface area contributed by atoms with Crippen molar-refractivity contribution in [2.75, 3.05) is 5.32 Å². The van der Waals surface area contributed by atoms with Crippen LogP contribution in [0.4, 0.5) is 5.69 Å². The van der Waals surface area contributed by atoms with Gasteiger partial charge in [0, 0.05) is 39.4 Å². The zero-order valence-corrected chi connectivity index (χ0v) is 12.3. The lowest BCUT2D eigenvalue weighted by Gasteiger charge is -2.04. The lowest BCUT2D eigenvalue weighted by molar-refractivity contribution is -0.156. The molecular formula is C14H17NO6. The van der Waals surface area contributed by atoms with Gasteiger partial charge in [0.2, 0.25) is 5.91 Å². The van der Waals surface area contributed by atoms with E-state index in [2.05, 4.69) is 10.1 Å². The van der Waals surface area contributed by atoms with E-state index >= 15 is 0 Å². The fraction of sp³-hybridized carbons (Fsp3) is 0.286. The standard InChI is InChI=1S/C10H11NO3.C4H6O3/c1-7(12)11-9-4-3-5-10(6-9)14-8(2)13;1-3(5)7-4(2)6/h3-6H,1-2H3,(H,11,12);1-2H3. The molecule has 0 bridgehead atoms. The van der Waals surface area contributed by atoms with Crippen LogP contribution in [0.2, 0.25) is 0 Å². The van der Waals surface area contributed by atoms with Gasteiger partial charge in [0.05, 0.1) is 0 Å². The molecule has 0 saturated carbocycles. The molecule has 0 unspecified atom stereocenters. The lowest BCUT2D eigenvalue weighted by Crippen LogP contribution is -2.06. The highest BCUT2D eigenvalue weighted by atomic mass is 16.6. The van der Waals surface area contributed by atoms with Gasteiger partial charge < -0.3 is 14.8 Å². The predicted octanol–water partition coefficient (Wildman–Crippen LogP) is 1.67. The number of amides is 1. The summed E-state index contributed by atoms with van der Waals surface area (Å²) in [6, 6.07) is 6.65. The van der Waals surface area contributed by atoms with Gasteiger partial charge in [-0.3, -0.25) is 19.2 Å². The van der Waals surface area contributed by atoms with Gasteiger partial charge in [-0.15, -0.1) is 0 Å². The monoisotopic (exact) mass is 295 g/mol. The fourth-order valence-electron chi connectivity index (χ4n) is 1.21. The lowest BCUT2D eigenvalue weighted by atomic mass is 10.3. The summed E-state index contributed by atoms with van der Waals surface area (Å²) in [6.07, 6.45) is 0.